The predicted molar refractivity (Wildman–Crippen MR) is 75.7 cm³/mol. The number of halogens is 1. The highest BCUT2D eigenvalue weighted by Crippen LogP contribution is 2.22. The third-order valence-corrected chi connectivity index (χ3v) is 5.20. The first-order chi connectivity index (χ1) is 8.88. The van der Waals surface area contributed by atoms with Crippen molar-refractivity contribution < 1.29 is 13.2 Å². The molecule has 0 amide bonds. The van der Waals surface area contributed by atoms with E-state index in [-0.39, 0.29) is 18.0 Å². The fourth-order valence-electron chi connectivity index (χ4n) is 2.26. The van der Waals surface area contributed by atoms with Crippen molar-refractivity contribution >= 4 is 21.6 Å². The van der Waals surface area contributed by atoms with E-state index in [2.05, 4.69) is 0 Å². The SMILES string of the molecule is CC1CN(S(=O)(=O)Cc2ccccc2Cl)CC(C)O1. The smallest absolute Gasteiger partial charge is 0.218 e. The fraction of sp³-hybridized carbons (Fsp3) is 0.538. The Balaban J connectivity index is 2.16. The molecule has 1 saturated heterocycles. The van der Waals surface area contributed by atoms with Crippen molar-refractivity contribution in [2.45, 2.75) is 31.8 Å². The van der Waals surface area contributed by atoms with Gasteiger partial charge in [-0.1, -0.05) is 29.8 Å². The van der Waals surface area contributed by atoms with Crippen LogP contribution in [0.2, 0.25) is 5.02 Å². The van der Waals surface area contributed by atoms with Gasteiger partial charge in [-0.3, -0.25) is 0 Å². The molecule has 2 unspecified atom stereocenters. The van der Waals surface area contributed by atoms with Crippen LogP contribution in [0.25, 0.3) is 0 Å². The first-order valence-electron chi connectivity index (χ1n) is 6.25. The van der Waals surface area contributed by atoms with Crippen LogP contribution in [-0.2, 0) is 20.5 Å². The van der Waals surface area contributed by atoms with E-state index < -0.39 is 10.0 Å². The van der Waals surface area contributed by atoms with E-state index in [1.165, 1.54) is 4.31 Å². The van der Waals surface area contributed by atoms with Gasteiger partial charge in [0.1, 0.15) is 0 Å². The number of hydrogen-bond donors (Lipinski definition) is 0. The van der Waals surface area contributed by atoms with Gasteiger partial charge >= 0.3 is 0 Å². The first-order valence-corrected chi connectivity index (χ1v) is 8.24. The minimum absolute atomic E-state index is 0.0634. The molecule has 1 aromatic rings. The molecule has 6 heteroatoms. The summed E-state index contributed by atoms with van der Waals surface area (Å²) in [4.78, 5) is 0. The maximum absolute atomic E-state index is 12.4. The number of ether oxygens (including phenoxy) is 1. The third kappa shape index (κ3) is 3.69. The molecule has 1 aliphatic rings. The van der Waals surface area contributed by atoms with Crippen LogP contribution in [0.1, 0.15) is 19.4 Å². The second kappa shape index (κ2) is 5.79. The van der Waals surface area contributed by atoms with Crippen molar-refractivity contribution in [2.75, 3.05) is 13.1 Å². The highest BCUT2D eigenvalue weighted by molar-refractivity contribution is 7.88. The van der Waals surface area contributed by atoms with Gasteiger partial charge in [0.15, 0.2) is 0 Å². The minimum atomic E-state index is -3.36. The zero-order chi connectivity index (χ0) is 14.0. The van der Waals surface area contributed by atoms with Gasteiger partial charge in [-0.15, -0.1) is 0 Å². The molecule has 106 valence electrons. The van der Waals surface area contributed by atoms with Crippen LogP contribution in [0.4, 0.5) is 0 Å². The third-order valence-electron chi connectivity index (χ3n) is 3.08. The van der Waals surface area contributed by atoms with E-state index in [0.29, 0.717) is 23.7 Å². The van der Waals surface area contributed by atoms with Crippen molar-refractivity contribution in [3.8, 4) is 0 Å². The zero-order valence-electron chi connectivity index (χ0n) is 11.0. The monoisotopic (exact) mass is 303 g/mol. The quantitative estimate of drug-likeness (QED) is 0.860. The molecular formula is C13H18ClNO3S. The van der Waals surface area contributed by atoms with Crippen molar-refractivity contribution in [1.82, 2.24) is 4.31 Å². The number of hydrogen-bond acceptors (Lipinski definition) is 3. The summed E-state index contributed by atoms with van der Waals surface area (Å²) in [5.41, 5.74) is 0.635. The van der Waals surface area contributed by atoms with E-state index in [0.717, 1.165) is 0 Å². The maximum atomic E-state index is 12.4. The van der Waals surface area contributed by atoms with Gasteiger partial charge in [-0.25, -0.2) is 8.42 Å². The van der Waals surface area contributed by atoms with Crippen molar-refractivity contribution in [3.63, 3.8) is 0 Å². The van der Waals surface area contributed by atoms with Gasteiger partial charge < -0.3 is 4.74 Å². The maximum Gasteiger partial charge on any atom is 0.218 e. The summed E-state index contributed by atoms with van der Waals surface area (Å²) in [6.07, 6.45) is -0.158. The van der Waals surface area contributed by atoms with Crippen LogP contribution in [0, 0.1) is 0 Å². The molecule has 1 heterocycles. The summed E-state index contributed by atoms with van der Waals surface area (Å²) in [6.45, 7) is 4.57. The molecule has 4 nitrogen and oxygen atoms in total. The van der Waals surface area contributed by atoms with Crippen LogP contribution in [0.3, 0.4) is 0 Å². The van der Waals surface area contributed by atoms with Crippen molar-refractivity contribution in [2.24, 2.45) is 0 Å². The molecule has 19 heavy (non-hydrogen) atoms. The summed E-state index contributed by atoms with van der Waals surface area (Å²) >= 11 is 6.02. The Hall–Kier alpha value is -0.620. The second-order valence-electron chi connectivity index (χ2n) is 4.92. The molecule has 0 aliphatic carbocycles. The Morgan fingerprint density at radius 1 is 1.26 bits per heavy atom. The molecule has 1 aliphatic heterocycles. The fourth-order valence-corrected chi connectivity index (χ4v) is 4.24. The molecule has 1 aromatic carbocycles. The molecule has 0 bridgehead atoms. The topological polar surface area (TPSA) is 46.6 Å². The number of rotatable bonds is 3. The molecule has 0 saturated carbocycles. The molecule has 2 atom stereocenters. The van der Waals surface area contributed by atoms with E-state index in [9.17, 15) is 8.42 Å². The zero-order valence-corrected chi connectivity index (χ0v) is 12.6. The lowest BCUT2D eigenvalue weighted by Gasteiger charge is -2.34. The second-order valence-corrected chi connectivity index (χ2v) is 7.30. The molecule has 0 N–H and O–H groups in total. The average molecular weight is 304 g/mol. The van der Waals surface area contributed by atoms with Gasteiger partial charge in [0.25, 0.3) is 0 Å². The summed E-state index contributed by atoms with van der Waals surface area (Å²) < 4.78 is 31.9. The lowest BCUT2D eigenvalue weighted by molar-refractivity contribution is -0.0441. The lowest BCUT2D eigenvalue weighted by Crippen LogP contribution is -2.48. The van der Waals surface area contributed by atoms with Gasteiger partial charge in [-0.2, -0.15) is 4.31 Å². The van der Waals surface area contributed by atoms with Crippen LogP contribution in [0.5, 0.6) is 0 Å². The van der Waals surface area contributed by atoms with Gasteiger partial charge in [0, 0.05) is 18.1 Å². The molecule has 0 aromatic heterocycles. The minimum Gasteiger partial charge on any atom is -0.373 e. The normalized spacial score (nSPS) is 25.4. The van der Waals surface area contributed by atoms with Crippen molar-refractivity contribution in [1.29, 1.82) is 0 Å². The Labute approximate surface area is 119 Å². The summed E-state index contributed by atoms with van der Waals surface area (Å²) in [6, 6.07) is 7.03. The van der Waals surface area contributed by atoms with Gasteiger partial charge in [-0.05, 0) is 25.5 Å². The Bertz CT molecular complexity index is 537. The Kier molecular flexibility index (Phi) is 4.50. The standard InChI is InChI=1S/C13H18ClNO3S/c1-10-7-15(8-11(2)18-10)19(16,17)9-12-5-3-4-6-13(12)14/h3-6,10-11H,7-9H2,1-2H3. The van der Waals surface area contributed by atoms with E-state index in [1.807, 2.05) is 13.8 Å². The van der Waals surface area contributed by atoms with Crippen LogP contribution in [-0.4, -0.2) is 38.0 Å². The summed E-state index contributed by atoms with van der Waals surface area (Å²) in [5, 5.41) is 0.487. The molecule has 2 rings (SSSR count). The van der Waals surface area contributed by atoms with E-state index >= 15 is 0 Å². The number of sulfonamides is 1. The average Bonchev–Trinajstić information content (AvgIpc) is 2.31. The van der Waals surface area contributed by atoms with Crippen LogP contribution >= 0.6 is 11.6 Å². The van der Waals surface area contributed by atoms with Crippen molar-refractivity contribution in [3.05, 3.63) is 34.9 Å². The van der Waals surface area contributed by atoms with Gasteiger partial charge in [0.2, 0.25) is 10.0 Å². The number of benzene rings is 1. The van der Waals surface area contributed by atoms with Crippen LogP contribution in [0.15, 0.2) is 24.3 Å². The summed E-state index contributed by atoms with van der Waals surface area (Å²) in [7, 11) is -3.36. The first kappa shape index (κ1) is 14.8. The molecule has 0 radical (unpaired) electrons. The number of nitrogens with zero attached hydrogens (tertiary/aromatic N) is 1. The lowest BCUT2D eigenvalue weighted by atomic mass is 10.2. The molecular weight excluding hydrogens is 286 g/mol. The Morgan fingerprint density at radius 3 is 2.42 bits per heavy atom. The number of morpholine rings is 1. The predicted octanol–water partition coefficient (Wildman–Crippen LogP) is 2.28. The van der Waals surface area contributed by atoms with Gasteiger partial charge in [0.05, 0.1) is 18.0 Å². The highest BCUT2D eigenvalue weighted by Gasteiger charge is 2.31. The van der Waals surface area contributed by atoms with E-state index in [4.69, 9.17) is 16.3 Å². The van der Waals surface area contributed by atoms with Crippen LogP contribution < -0.4 is 0 Å². The molecule has 1 fully saturated rings. The van der Waals surface area contributed by atoms with E-state index in [1.54, 1.807) is 24.3 Å². The highest BCUT2D eigenvalue weighted by atomic mass is 35.5. The summed E-state index contributed by atoms with van der Waals surface area (Å²) in [5.74, 6) is -0.0634. The molecule has 0 spiro atoms. The Morgan fingerprint density at radius 2 is 1.84 bits per heavy atom. The largest absolute Gasteiger partial charge is 0.373 e.